The van der Waals surface area contributed by atoms with Gasteiger partial charge in [-0.1, -0.05) is 0 Å². The van der Waals surface area contributed by atoms with Gasteiger partial charge < -0.3 is 5.73 Å². The molecule has 0 aromatic heterocycles. The van der Waals surface area contributed by atoms with Gasteiger partial charge in [-0.05, 0) is 0 Å². The van der Waals surface area contributed by atoms with Crippen LogP contribution in [0.25, 0.3) is 0 Å². The molecular formula is C4H9Cl2NO2S. The van der Waals surface area contributed by atoms with Crippen LogP contribution in [0, 0.1) is 0 Å². The smallest absolute Gasteiger partial charge is 0.153 e. The Morgan fingerprint density at radius 1 is 1.40 bits per heavy atom. The Morgan fingerprint density at radius 3 is 2.00 bits per heavy atom. The minimum Gasteiger partial charge on any atom is -0.326 e. The molecule has 1 fully saturated rings. The summed E-state index contributed by atoms with van der Waals surface area (Å²) in [5.41, 5.74) is 5.34. The Labute approximate surface area is 71.2 Å². The lowest BCUT2D eigenvalue weighted by molar-refractivity contribution is 0.601. The molecule has 2 unspecified atom stereocenters. The molecule has 1 heterocycles. The highest BCUT2D eigenvalue weighted by atomic mass is 35.5. The number of sulfone groups is 1. The SMILES string of the molecule is Cl.NC1CS(=O)(=O)CC1Cl. The molecule has 0 aromatic carbocycles. The van der Waals surface area contributed by atoms with Crippen LogP contribution in [-0.2, 0) is 9.84 Å². The van der Waals surface area contributed by atoms with Gasteiger partial charge in [-0.2, -0.15) is 0 Å². The first-order valence-corrected chi connectivity index (χ1v) is 4.87. The van der Waals surface area contributed by atoms with E-state index in [1.807, 2.05) is 0 Å². The van der Waals surface area contributed by atoms with Crippen molar-refractivity contribution in [2.45, 2.75) is 11.4 Å². The van der Waals surface area contributed by atoms with Crippen molar-refractivity contribution in [2.24, 2.45) is 5.73 Å². The van der Waals surface area contributed by atoms with E-state index >= 15 is 0 Å². The average Bonchev–Trinajstić information content (AvgIpc) is 1.79. The van der Waals surface area contributed by atoms with Crippen molar-refractivity contribution in [2.75, 3.05) is 11.5 Å². The lowest BCUT2D eigenvalue weighted by Gasteiger charge is -2.00. The first-order chi connectivity index (χ1) is 4.01. The molecule has 6 heteroatoms. The van der Waals surface area contributed by atoms with Crippen molar-refractivity contribution in [1.29, 1.82) is 0 Å². The van der Waals surface area contributed by atoms with Crippen molar-refractivity contribution in [1.82, 2.24) is 0 Å². The maximum absolute atomic E-state index is 10.7. The highest BCUT2D eigenvalue weighted by Crippen LogP contribution is 2.15. The van der Waals surface area contributed by atoms with Gasteiger partial charge in [-0.25, -0.2) is 8.42 Å². The molecule has 0 radical (unpaired) electrons. The van der Waals surface area contributed by atoms with Gasteiger partial charge in [0.2, 0.25) is 0 Å². The van der Waals surface area contributed by atoms with E-state index in [1.165, 1.54) is 0 Å². The Balaban J connectivity index is 0.000000810. The van der Waals surface area contributed by atoms with Crippen LogP contribution in [0.3, 0.4) is 0 Å². The topological polar surface area (TPSA) is 60.2 Å². The van der Waals surface area contributed by atoms with Gasteiger partial charge in [-0.3, -0.25) is 0 Å². The average molecular weight is 206 g/mol. The standard InChI is InChI=1S/C4H8ClNO2S.ClH/c5-3-1-9(7,8)2-4(3)6;/h3-4H,1-2,6H2;1H. The summed E-state index contributed by atoms with van der Waals surface area (Å²) in [5.74, 6) is 0.0802. The predicted molar refractivity (Wildman–Crippen MR) is 43.5 cm³/mol. The van der Waals surface area contributed by atoms with Gasteiger partial charge in [0.1, 0.15) is 0 Å². The van der Waals surface area contributed by atoms with Crippen LogP contribution in [0.4, 0.5) is 0 Å². The number of halogens is 2. The van der Waals surface area contributed by atoms with Gasteiger partial charge in [0.25, 0.3) is 0 Å². The molecule has 0 bridgehead atoms. The molecule has 10 heavy (non-hydrogen) atoms. The highest BCUT2D eigenvalue weighted by molar-refractivity contribution is 7.91. The van der Waals surface area contributed by atoms with E-state index in [-0.39, 0.29) is 35.3 Å². The first-order valence-electron chi connectivity index (χ1n) is 2.61. The second-order valence-corrected chi connectivity index (χ2v) is 4.97. The molecule has 0 aliphatic carbocycles. The van der Waals surface area contributed by atoms with Crippen molar-refractivity contribution in [3.8, 4) is 0 Å². The van der Waals surface area contributed by atoms with E-state index in [4.69, 9.17) is 17.3 Å². The quantitative estimate of drug-likeness (QED) is 0.557. The molecule has 1 saturated heterocycles. The van der Waals surface area contributed by atoms with Gasteiger partial charge in [0, 0.05) is 6.04 Å². The zero-order valence-corrected chi connectivity index (χ0v) is 7.55. The molecule has 3 nitrogen and oxygen atoms in total. The van der Waals surface area contributed by atoms with Crippen LogP contribution in [-0.4, -0.2) is 31.3 Å². The zero-order valence-electron chi connectivity index (χ0n) is 5.16. The minimum absolute atomic E-state index is 0. The molecule has 1 aliphatic rings. The summed E-state index contributed by atoms with van der Waals surface area (Å²) in [4.78, 5) is 0. The summed E-state index contributed by atoms with van der Waals surface area (Å²) in [6.45, 7) is 0. The Hall–Kier alpha value is 0.490. The third-order valence-electron chi connectivity index (χ3n) is 1.32. The number of hydrogen-bond donors (Lipinski definition) is 1. The van der Waals surface area contributed by atoms with E-state index in [2.05, 4.69) is 0 Å². The second-order valence-electron chi connectivity index (χ2n) is 2.26. The maximum Gasteiger partial charge on any atom is 0.153 e. The third kappa shape index (κ3) is 2.27. The number of rotatable bonds is 0. The normalized spacial score (nSPS) is 37.0. The van der Waals surface area contributed by atoms with E-state index in [9.17, 15) is 8.42 Å². The monoisotopic (exact) mass is 205 g/mol. The van der Waals surface area contributed by atoms with E-state index in [1.54, 1.807) is 0 Å². The van der Waals surface area contributed by atoms with E-state index < -0.39 is 9.84 Å². The Bertz CT molecular complexity index is 187. The number of alkyl halides is 1. The van der Waals surface area contributed by atoms with Crippen molar-refractivity contribution < 1.29 is 8.42 Å². The predicted octanol–water partition coefficient (Wildman–Crippen LogP) is -0.229. The molecule has 2 N–H and O–H groups in total. The van der Waals surface area contributed by atoms with Crippen LogP contribution in [0.1, 0.15) is 0 Å². The fraction of sp³-hybridized carbons (Fsp3) is 1.00. The number of nitrogens with two attached hydrogens (primary N) is 1. The van der Waals surface area contributed by atoms with E-state index in [0.29, 0.717) is 0 Å². The lowest BCUT2D eigenvalue weighted by Crippen LogP contribution is -2.28. The molecule has 0 amide bonds. The van der Waals surface area contributed by atoms with Crippen molar-refractivity contribution in [3.05, 3.63) is 0 Å². The summed E-state index contributed by atoms with van der Waals surface area (Å²) >= 11 is 5.54. The van der Waals surface area contributed by atoms with Crippen LogP contribution in [0.5, 0.6) is 0 Å². The summed E-state index contributed by atoms with van der Waals surface area (Å²) in [6, 6.07) is -0.364. The van der Waals surface area contributed by atoms with Gasteiger partial charge >= 0.3 is 0 Å². The van der Waals surface area contributed by atoms with Gasteiger partial charge in [0.15, 0.2) is 9.84 Å². The second kappa shape index (κ2) is 3.26. The Morgan fingerprint density at radius 2 is 1.90 bits per heavy atom. The largest absolute Gasteiger partial charge is 0.326 e. The van der Waals surface area contributed by atoms with Crippen molar-refractivity contribution >= 4 is 33.8 Å². The molecular weight excluding hydrogens is 197 g/mol. The van der Waals surface area contributed by atoms with Crippen LogP contribution in [0.15, 0.2) is 0 Å². The van der Waals surface area contributed by atoms with Crippen molar-refractivity contribution in [3.63, 3.8) is 0 Å². The first kappa shape index (κ1) is 10.5. The molecule has 0 spiro atoms. The molecule has 62 valence electrons. The lowest BCUT2D eigenvalue weighted by atomic mass is 10.3. The van der Waals surface area contributed by atoms with Crippen LogP contribution in [0.2, 0.25) is 0 Å². The summed E-state index contributed by atoms with van der Waals surface area (Å²) in [5, 5.41) is -0.380. The number of hydrogen-bond acceptors (Lipinski definition) is 3. The van der Waals surface area contributed by atoms with Crippen LogP contribution < -0.4 is 5.73 Å². The summed E-state index contributed by atoms with van der Waals surface area (Å²) in [7, 11) is -2.90. The molecule has 0 aromatic rings. The molecule has 1 rings (SSSR count). The summed E-state index contributed by atoms with van der Waals surface area (Å²) < 4.78 is 21.4. The molecule has 0 saturated carbocycles. The van der Waals surface area contributed by atoms with Gasteiger partial charge in [0.05, 0.1) is 16.9 Å². The summed E-state index contributed by atoms with van der Waals surface area (Å²) in [6.07, 6.45) is 0. The maximum atomic E-state index is 10.7. The third-order valence-corrected chi connectivity index (χ3v) is 3.74. The fourth-order valence-electron chi connectivity index (χ4n) is 0.832. The fourth-order valence-corrected chi connectivity index (χ4v) is 3.29. The zero-order chi connectivity index (χ0) is 7.07. The molecule has 1 aliphatic heterocycles. The van der Waals surface area contributed by atoms with Gasteiger partial charge in [-0.15, -0.1) is 24.0 Å². The highest BCUT2D eigenvalue weighted by Gasteiger charge is 2.33. The molecule has 2 atom stereocenters. The minimum atomic E-state index is -2.90. The van der Waals surface area contributed by atoms with E-state index in [0.717, 1.165) is 0 Å². The van der Waals surface area contributed by atoms with Crippen LogP contribution >= 0.6 is 24.0 Å². The Kier molecular flexibility index (Phi) is 3.42.